The van der Waals surface area contributed by atoms with Gasteiger partial charge in [0.1, 0.15) is 5.58 Å². The maximum atomic E-state index is 12.6. The molecule has 1 heterocycles. The lowest BCUT2D eigenvalue weighted by atomic mass is 9.79. The predicted octanol–water partition coefficient (Wildman–Crippen LogP) is 5.07. The van der Waals surface area contributed by atoms with Crippen molar-refractivity contribution in [3.63, 3.8) is 0 Å². The standard InChI is InChI=1S/C22H29NO4/c1-9-18(24)27-23-13(2)16-11-14-10-15(21(3,4)5)12-17(22(6,7)8)19(14)26-20(16)25/h10-12H,9H2,1-8H3/b23-13+. The summed E-state index contributed by atoms with van der Waals surface area (Å²) in [7, 11) is 0. The van der Waals surface area contributed by atoms with Crippen LogP contribution in [0.25, 0.3) is 11.0 Å². The van der Waals surface area contributed by atoms with Crippen LogP contribution in [-0.2, 0) is 20.5 Å². The first kappa shape index (κ1) is 20.9. The third-order valence-corrected chi connectivity index (χ3v) is 4.47. The van der Waals surface area contributed by atoms with E-state index >= 15 is 0 Å². The smallest absolute Gasteiger partial charge is 0.345 e. The number of hydrogen-bond acceptors (Lipinski definition) is 5. The number of oxime groups is 1. The maximum Gasteiger partial charge on any atom is 0.345 e. The molecule has 5 heteroatoms. The molecule has 0 radical (unpaired) electrons. The van der Waals surface area contributed by atoms with Crippen LogP contribution in [0.1, 0.15) is 78.5 Å². The Morgan fingerprint density at radius 3 is 2.22 bits per heavy atom. The Balaban J connectivity index is 2.74. The van der Waals surface area contributed by atoms with Gasteiger partial charge in [-0.05, 0) is 35.4 Å². The second kappa shape index (κ2) is 7.29. The number of rotatable bonds is 3. The average Bonchev–Trinajstić information content (AvgIpc) is 2.55. The van der Waals surface area contributed by atoms with Crippen molar-refractivity contribution in [2.45, 2.75) is 72.6 Å². The van der Waals surface area contributed by atoms with Gasteiger partial charge >= 0.3 is 11.6 Å². The van der Waals surface area contributed by atoms with Crippen LogP contribution in [0, 0.1) is 0 Å². The fraction of sp³-hybridized carbons (Fsp3) is 0.500. The fourth-order valence-corrected chi connectivity index (χ4v) is 2.71. The van der Waals surface area contributed by atoms with Crippen LogP contribution in [0.2, 0.25) is 0 Å². The van der Waals surface area contributed by atoms with Crippen molar-refractivity contribution < 1.29 is 14.0 Å². The van der Waals surface area contributed by atoms with Gasteiger partial charge in [-0.15, -0.1) is 0 Å². The summed E-state index contributed by atoms with van der Waals surface area (Å²) in [5.74, 6) is -0.454. The zero-order valence-corrected chi connectivity index (χ0v) is 17.5. The Kier molecular flexibility index (Phi) is 5.64. The van der Waals surface area contributed by atoms with E-state index in [1.54, 1.807) is 19.9 Å². The zero-order chi connectivity index (χ0) is 20.6. The van der Waals surface area contributed by atoms with E-state index in [0.29, 0.717) is 11.3 Å². The number of benzene rings is 1. The van der Waals surface area contributed by atoms with Gasteiger partial charge in [-0.2, -0.15) is 0 Å². The minimum absolute atomic E-state index is 0.0513. The Morgan fingerprint density at radius 1 is 1.07 bits per heavy atom. The van der Waals surface area contributed by atoms with Crippen molar-refractivity contribution in [1.82, 2.24) is 0 Å². The lowest BCUT2D eigenvalue weighted by Crippen LogP contribution is -2.19. The molecule has 0 aliphatic rings. The molecule has 0 aliphatic heterocycles. The van der Waals surface area contributed by atoms with Gasteiger partial charge in [0.25, 0.3) is 0 Å². The van der Waals surface area contributed by atoms with Gasteiger partial charge in [0.15, 0.2) is 0 Å². The van der Waals surface area contributed by atoms with Crippen LogP contribution in [0.5, 0.6) is 0 Å². The lowest BCUT2D eigenvalue weighted by molar-refractivity contribution is -0.143. The van der Waals surface area contributed by atoms with Crippen LogP contribution >= 0.6 is 0 Å². The monoisotopic (exact) mass is 371 g/mol. The van der Waals surface area contributed by atoms with Crippen molar-refractivity contribution in [3.8, 4) is 0 Å². The molecule has 146 valence electrons. The fourth-order valence-electron chi connectivity index (χ4n) is 2.71. The van der Waals surface area contributed by atoms with E-state index in [4.69, 9.17) is 9.25 Å². The topological polar surface area (TPSA) is 68.9 Å². The predicted molar refractivity (Wildman–Crippen MR) is 108 cm³/mol. The minimum Gasteiger partial charge on any atom is -0.422 e. The SMILES string of the molecule is CCC(=O)O/N=C(\C)c1cc2cc(C(C)(C)C)cc(C(C)(C)C)c2oc1=O. The highest BCUT2D eigenvalue weighted by atomic mass is 16.7. The first-order valence-electron chi connectivity index (χ1n) is 9.22. The first-order chi connectivity index (χ1) is 12.3. The van der Waals surface area contributed by atoms with Crippen molar-refractivity contribution >= 4 is 22.7 Å². The van der Waals surface area contributed by atoms with Crippen LogP contribution < -0.4 is 5.63 Å². The summed E-state index contributed by atoms with van der Waals surface area (Å²) < 4.78 is 5.70. The van der Waals surface area contributed by atoms with Gasteiger partial charge in [0, 0.05) is 17.4 Å². The molecule has 0 N–H and O–H groups in total. The molecule has 0 bridgehead atoms. The summed E-state index contributed by atoms with van der Waals surface area (Å²) in [6, 6.07) is 5.93. The first-order valence-corrected chi connectivity index (χ1v) is 9.22. The molecule has 0 spiro atoms. The number of nitrogens with zero attached hydrogens (tertiary/aromatic N) is 1. The van der Waals surface area contributed by atoms with E-state index in [1.807, 2.05) is 6.07 Å². The third-order valence-electron chi connectivity index (χ3n) is 4.47. The van der Waals surface area contributed by atoms with E-state index in [1.165, 1.54) is 0 Å². The van der Waals surface area contributed by atoms with E-state index in [2.05, 4.69) is 52.8 Å². The van der Waals surface area contributed by atoms with E-state index in [-0.39, 0.29) is 22.8 Å². The van der Waals surface area contributed by atoms with Crippen LogP contribution in [0.4, 0.5) is 0 Å². The van der Waals surface area contributed by atoms with Crippen LogP contribution in [0.15, 0.2) is 32.6 Å². The van der Waals surface area contributed by atoms with Crippen molar-refractivity contribution in [3.05, 3.63) is 45.3 Å². The van der Waals surface area contributed by atoms with Gasteiger partial charge in [-0.25, -0.2) is 9.59 Å². The number of fused-ring (bicyclic) bond motifs is 1. The highest BCUT2D eigenvalue weighted by molar-refractivity contribution is 6.00. The van der Waals surface area contributed by atoms with Crippen molar-refractivity contribution in [2.75, 3.05) is 0 Å². The summed E-state index contributed by atoms with van der Waals surface area (Å²) in [4.78, 5) is 28.7. The highest BCUT2D eigenvalue weighted by Crippen LogP contribution is 2.35. The molecule has 0 fully saturated rings. The molecule has 0 saturated carbocycles. The molecule has 0 atom stereocenters. The molecule has 0 amide bonds. The summed E-state index contributed by atoms with van der Waals surface area (Å²) in [6.07, 6.45) is 0.215. The quantitative estimate of drug-likeness (QED) is 0.327. The maximum absolute atomic E-state index is 12.6. The van der Waals surface area contributed by atoms with Crippen molar-refractivity contribution in [1.29, 1.82) is 0 Å². The molecule has 0 unspecified atom stereocenters. The van der Waals surface area contributed by atoms with Gasteiger partial charge < -0.3 is 9.25 Å². The minimum atomic E-state index is -0.495. The van der Waals surface area contributed by atoms with E-state index < -0.39 is 11.6 Å². The Morgan fingerprint density at radius 2 is 1.70 bits per heavy atom. The molecule has 0 aliphatic carbocycles. The van der Waals surface area contributed by atoms with Crippen LogP contribution in [0.3, 0.4) is 0 Å². The Bertz CT molecular complexity index is 953. The molecule has 27 heavy (non-hydrogen) atoms. The van der Waals surface area contributed by atoms with Crippen LogP contribution in [-0.4, -0.2) is 11.7 Å². The second-order valence-corrected chi connectivity index (χ2v) is 8.88. The van der Waals surface area contributed by atoms with Gasteiger partial charge in [-0.1, -0.05) is 59.7 Å². The second-order valence-electron chi connectivity index (χ2n) is 8.88. The molecule has 2 rings (SSSR count). The molecular weight excluding hydrogens is 342 g/mol. The van der Waals surface area contributed by atoms with E-state index in [9.17, 15) is 9.59 Å². The largest absolute Gasteiger partial charge is 0.422 e. The number of hydrogen-bond donors (Lipinski definition) is 0. The molecule has 2 aromatic rings. The zero-order valence-electron chi connectivity index (χ0n) is 17.5. The molecular formula is C22H29NO4. The van der Waals surface area contributed by atoms with Gasteiger partial charge in [-0.3, -0.25) is 0 Å². The third kappa shape index (κ3) is 4.65. The average molecular weight is 371 g/mol. The van der Waals surface area contributed by atoms with E-state index in [0.717, 1.165) is 16.5 Å². The van der Waals surface area contributed by atoms with Gasteiger partial charge in [0.2, 0.25) is 0 Å². The number of carbonyl (C=O) groups excluding carboxylic acids is 1. The number of carbonyl (C=O) groups is 1. The van der Waals surface area contributed by atoms with Crippen molar-refractivity contribution in [2.24, 2.45) is 5.16 Å². The highest BCUT2D eigenvalue weighted by Gasteiger charge is 2.24. The Hall–Kier alpha value is -2.43. The molecule has 1 aromatic carbocycles. The summed E-state index contributed by atoms with van der Waals surface area (Å²) in [6.45, 7) is 16.0. The van der Waals surface area contributed by atoms with Gasteiger partial charge in [0.05, 0.1) is 11.3 Å². The Labute approximate surface area is 160 Å². The summed E-state index contributed by atoms with van der Waals surface area (Å²) >= 11 is 0. The summed E-state index contributed by atoms with van der Waals surface area (Å²) in [5, 5.41) is 4.61. The lowest BCUT2D eigenvalue weighted by Gasteiger charge is -2.26. The molecule has 0 saturated heterocycles. The summed E-state index contributed by atoms with van der Waals surface area (Å²) in [5.41, 5.74) is 2.60. The molecule has 5 nitrogen and oxygen atoms in total. The normalized spacial score (nSPS) is 13.1. The molecule has 1 aromatic heterocycles.